The summed E-state index contributed by atoms with van der Waals surface area (Å²) in [4.78, 5) is 22.4. The Bertz CT molecular complexity index is 302. The lowest BCUT2D eigenvalue weighted by Crippen LogP contribution is -2.42. The van der Waals surface area contributed by atoms with Crippen LogP contribution in [0.1, 0.15) is 20.3 Å². The van der Waals surface area contributed by atoms with E-state index in [4.69, 9.17) is 14.2 Å². The zero-order chi connectivity index (χ0) is 12.8. The number of alkyl carbamates (subject to hydrolysis) is 1. The molecule has 0 aromatic rings. The standard InChI is InChI=1S/C11H17NO5/c1-4-5-15-11(14)12-8-6-9(13)17-10(8)16-7(2)3/h4,7-8,10H,1,5-6H2,2-3H3,(H,12,14)/t8-,10?/m0/s1. The number of cyclic esters (lactones) is 1. The Labute approximate surface area is 99.9 Å². The molecule has 1 aliphatic heterocycles. The second-order valence-electron chi connectivity index (χ2n) is 3.89. The molecule has 1 unspecified atom stereocenters. The van der Waals surface area contributed by atoms with Crippen LogP contribution in [-0.2, 0) is 19.0 Å². The van der Waals surface area contributed by atoms with Gasteiger partial charge in [-0.3, -0.25) is 4.79 Å². The Balaban J connectivity index is 2.46. The minimum absolute atomic E-state index is 0.0839. The van der Waals surface area contributed by atoms with E-state index < -0.39 is 24.4 Å². The van der Waals surface area contributed by atoms with Gasteiger partial charge in [-0.2, -0.15) is 0 Å². The number of amides is 1. The van der Waals surface area contributed by atoms with Crippen molar-refractivity contribution in [1.29, 1.82) is 0 Å². The molecule has 2 atom stereocenters. The van der Waals surface area contributed by atoms with Gasteiger partial charge in [0.25, 0.3) is 0 Å². The fourth-order valence-electron chi connectivity index (χ4n) is 1.37. The van der Waals surface area contributed by atoms with Crippen LogP contribution in [0.25, 0.3) is 0 Å². The van der Waals surface area contributed by atoms with Crippen molar-refractivity contribution in [3.8, 4) is 0 Å². The predicted octanol–water partition coefficient (Wildman–Crippen LogP) is 0.965. The second kappa shape index (κ2) is 6.24. The van der Waals surface area contributed by atoms with E-state index >= 15 is 0 Å². The van der Waals surface area contributed by atoms with Crippen LogP contribution in [0, 0.1) is 0 Å². The molecular formula is C11H17NO5. The van der Waals surface area contributed by atoms with Gasteiger partial charge in [-0.1, -0.05) is 12.7 Å². The molecule has 1 amide bonds. The molecule has 0 bridgehead atoms. The topological polar surface area (TPSA) is 73.9 Å². The number of rotatable bonds is 5. The van der Waals surface area contributed by atoms with Gasteiger partial charge < -0.3 is 19.5 Å². The van der Waals surface area contributed by atoms with Crippen LogP contribution in [0.15, 0.2) is 12.7 Å². The first kappa shape index (κ1) is 13.5. The lowest BCUT2D eigenvalue weighted by molar-refractivity contribution is -0.171. The van der Waals surface area contributed by atoms with Crippen molar-refractivity contribution in [2.24, 2.45) is 0 Å². The summed E-state index contributed by atoms with van der Waals surface area (Å²) >= 11 is 0. The first-order valence-electron chi connectivity index (χ1n) is 5.42. The summed E-state index contributed by atoms with van der Waals surface area (Å²) in [5, 5.41) is 2.52. The molecule has 0 aromatic carbocycles. The van der Waals surface area contributed by atoms with E-state index in [0.717, 1.165) is 0 Å². The third kappa shape index (κ3) is 4.44. The maximum Gasteiger partial charge on any atom is 0.407 e. The SMILES string of the molecule is C=CCOC(=O)N[C@H]1CC(=O)OC1OC(C)C. The summed E-state index contributed by atoms with van der Waals surface area (Å²) in [6.07, 6.45) is 0.0715. The van der Waals surface area contributed by atoms with Crippen molar-refractivity contribution in [3.63, 3.8) is 0 Å². The van der Waals surface area contributed by atoms with Gasteiger partial charge >= 0.3 is 12.1 Å². The molecule has 0 aliphatic carbocycles. The van der Waals surface area contributed by atoms with Gasteiger partial charge in [0, 0.05) is 0 Å². The number of hydrogen-bond acceptors (Lipinski definition) is 5. The molecule has 1 rings (SSSR count). The Morgan fingerprint density at radius 2 is 2.41 bits per heavy atom. The summed E-state index contributed by atoms with van der Waals surface area (Å²) in [6, 6.07) is -0.512. The van der Waals surface area contributed by atoms with E-state index in [0.29, 0.717) is 0 Å². The third-order valence-electron chi connectivity index (χ3n) is 2.00. The maximum absolute atomic E-state index is 11.3. The smallest absolute Gasteiger partial charge is 0.407 e. The molecule has 1 fully saturated rings. The van der Waals surface area contributed by atoms with E-state index in [9.17, 15) is 9.59 Å². The number of esters is 1. The minimum atomic E-state index is -0.751. The molecule has 1 saturated heterocycles. The fourth-order valence-corrected chi connectivity index (χ4v) is 1.37. The second-order valence-corrected chi connectivity index (χ2v) is 3.89. The molecule has 1 N–H and O–H groups in total. The van der Waals surface area contributed by atoms with E-state index in [1.54, 1.807) is 0 Å². The van der Waals surface area contributed by atoms with Gasteiger partial charge in [0.1, 0.15) is 12.6 Å². The molecule has 96 valence electrons. The first-order chi connectivity index (χ1) is 8.02. The lowest BCUT2D eigenvalue weighted by Gasteiger charge is -2.20. The highest BCUT2D eigenvalue weighted by Crippen LogP contribution is 2.17. The molecule has 6 heteroatoms. The largest absolute Gasteiger partial charge is 0.445 e. The molecule has 0 aromatic heterocycles. The maximum atomic E-state index is 11.3. The summed E-state index contributed by atoms with van der Waals surface area (Å²) in [6.45, 7) is 7.17. The number of carbonyl (C=O) groups excluding carboxylic acids is 2. The molecule has 0 saturated carbocycles. The fraction of sp³-hybridized carbons (Fsp3) is 0.636. The van der Waals surface area contributed by atoms with Gasteiger partial charge in [-0.25, -0.2) is 4.79 Å². The van der Waals surface area contributed by atoms with E-state index in [2.05, 4.69) is 11.9 Å². The van der Waals surface area contributed by atoms with Crippen LogP contribution < -0.4 is 5.32 Å². The van der Waals surface area contributed by atoms with Crippen LogP contribution in [-0.4, -0.2) is 37.1 Å². The molecular weight excluding hydrogens is 226 g/mol. The Kier molecular flexibility index (Phi) is 4.96. The van der Waals surface area contributed by atoms with Crippen LogP contribution in [0.3, 0.4) is 0 Å². The van der Waals surface area contributed by atoms with Crippen molar-refractivity contribution >= 4 is 12.1 Å². The van der Waals surface area contributed by atoms with E-state index in [1.165, 1.54) is 6.08 Å². The van der Waals surface area contributed by atoms with Gasteiger partial charge in [0.05, 0.1) is 12.5 Å². The van der Waals surface area contributed by atoms with E-state index in [-0.39, 0.29) is 19.1 Å². The average Bonchev–Trinajstić information content (AvgIpc) is 2.55. The van der Waals surface area contributed by atoms with Crippen molar-refractivity contribution in [2.75, 3.05) is 6.61 Å². The number of ether oxygens (including phenoxy) is 3. The number of carbonyl (C=O) groups is 2. The normalized spacial score (nSPS) is 23.4. The summed E-state index contributed by atoms with van der Waals surface area (Å²) in [7, 11) is 0. The summed E-state index contributed by atoms with van der Waals surface area (Å²) in [5.41, 5.74) is 0. The lowest BCUT2D eigenvalue weighted by atomic mass is 10.2. The van der Waals surface area contributed by atoms with Crippen molar-refractivity contribution < 1.29 is 23.8 Å². The van der Waals surface area contributed by atoms with E-state index in [1.807, 2.05) is 13.8 Å². The summed E-state index contributed by atoms with van der Waals surface area (Å²) < 4.78 is 15.1. The van der Waals surface area contributed by atoms with Gasteiger partial charge in [-0.05, 0) is 13.8 Å². The van der Waals surface area contributed by atoms with Gasteiger partial charge in [0.2, 0.25) is 6.29 Å². The van der Waals surface area contributed by atoms with Crippen molar-refractivity contribution in [1.82, 2.24) is 5.32 Å². The molecule has 0 radical (unpaired) electrons. The molecule has 0 spiro atoms. The van der Waals surface area contributed by atoms with Gasteiger partial charge in [-0.15, -0.1) is 0 Å². The highest BCUT2D eigenvalue weighted by molar-refractivity contribution is 5.75. The van der Waals surface area contributed by atoms with Crippen LogP contribution in [0.4, 0.5) is 4.79 Å². The van der Waals surface area contributed by atoms with Crippen LogP contribution >= 0.6 is 0 Å². The highest BCUT2D eigenvalue weighted by atomic mass is 16.7. The third-order valence-corrected chi connectivity index (χ3v) is 2.00. The van der Waals surface area contributed by atoms with Crippen LogP contribution in [0.2, 0.25) is 0 Å². The Morgan fingerprint density at radius 1 is 1.71 bits per heavy atom. The average molecular weight is 243 g/mol. The zero-order valence-electron chi connectivity index (χ0n) is 9.97. The van der Waals surface area contributed by atoms with Crippen molar-refractivity contribution in [2.45, 2.75) is 38.7 Å². The molecule has 6 nitrogen and oxygen atoms in total. The van der Waals surface area contributed by atoms with Gasteiger partial charge in [0.15, 0.2) is 0 Å². The monoisotopic (exact) mass is 243 g/mol. The predicted molar refractivity (Wildman–Crippen MR) is 59.2 cm³/mol. The number of nitrogens with one attached hydrogen (secondary N) is 1. The first-order valence-corrected chi connectivity index (χ1v) is 5.42. The minimum Gasteiger partial charge on any atom is -0.445 e. The Hall–Kier alpha value is -1.56. The molecule has 1 aliphatic rings. The Morgan fingerprint density at radius 3 is 3.00 bits per heavy atom. The van der Waals surface area contributed by atoms with Crippen LogP contribution in [0.5, 0.6) is 0 Å². The number of hydrogen-bond donors (Lipinski definition) is 1. The quantitative estimate of drug-likeness (QED) is 0.575. The molecule has 17 heavy (non-hydrogen) atoms. The molecule has 1 heterocycles. The zero-order valence-corrected chi connectivity index (χ0v) is 9.97. The highest BCUT2D eigenvalue weighted by Gasteiger charge is 2.37. The summed E-state index contributed by atoms with van der Waals surface area (Å²) in [5.74, 6) is -0.398. The van der Waals surface area contributed by atoms with Crippen molar-refractivity contribution in [3.05, 3.63) is 12.7 Å².